The molecular weight excluding hydrogens is 627 g/mol. The van der Waals surface area contributed by atoms with E-state index in [1.54, 1.807) is 19.9 Å². The molecule has 0 aromatic heterocycles. The molecule has 0 spiro atoms. The maximum atomic E-state index is 14.4. The molecule has 45 heavy (non-hydrogen) atoms. The number of hydrogen-bond acceptors (Lipinski definition) is 8. The fourth-order valence-electron chi connectivity index (χ4n) is 5.24. The third-order valence-corrected chi connectivity index (χ3v) is 8.65. The Bertz CT molecular complexity index is 1670. The number of halogens is 5. The van der Waals surface area contributed by atoms with Gasteiger partial charge in [-0.25, -0.2) is 18.4 Å². The number of ether oxygens (including phenoxy) is 2. The molecule has 0 radical (unpaired) electrons. The number of esters is 2. The minimum atomic E-state index is -6.08. The predicted octanol–water partition coefficient (Wildman–Crippen LogP) is 7.57. The summed E-state index contributed by atoms with van der Waals surface area (Å²) < 4.78 is 102. The summed E-state index contributed by atoms with van der Waals surface area (Å²) in [7, 11) is -3.79. The van der Waals surface area contributed by atoms with E-state index in [1.807, 2.05) is 19.9 Å². The molecule has 0 fully saturated rings. The molecule has 0 amide bonds. The monoisotopic (exact) mass is 660 g/mol. The third-order valence-electron chi connectivity index (χ3n) is 7.70. The van der Waals surface area contributed by atoms with E-state index in [0.717, 1.165) is 37.7 Å². The van der Waals surface area contributed by atoms with Gasteiger partial charge in [-0.2, -0.15) is 21.6 Å². The van der Waals surface area contributed by atoms with E-state index in [0.29, 0.717) is 30.0 Å². The molecule has 0 saturated carbocycles. The highest BCUT2D eigenvalue weighted by atomic mass is 32.2. The summed E-state index contributed by atoms with van der Waals surface area (Å²) in [5.74, 6) is -5.27. The van der Waals surface area contributed by atoms with E-state index in [2.05, 4.69) is 13.7 Å². The standard InChI is InChI=1S/C16H16F4O5S.C15H17FO3/c1-15(2)6-4-5-11(15)10-7-9(14(21)24-3)8-12(17)13(10)25-26(22,23)16(18,19)20;1-15(2)6-4-5-11(15)10-7-9(14(18)19-3)8-12(16)13(10)17/h5,7-8H,4,6H2,1-3H3;5,7-8,17H,4,6H2,1-3H3. The van der Waals surface area contributed by atoms with Crippen molar-refractivity contribution in [2.45, 2.75) is 58.9 Å². The highest BCUT2D eigenvalue weighted by molar-refractivity contribution is 7.88. The van der Waals surface area contributed by atoms with Crippen LogP contribution in [0.25, 0.3) is 11.1 Å². The molecule has 1 N–H and O–H groups in total. The number of rotatable bonds is 6. The van der Waals surface area contributed by atoms with Crippen LogP contribution in [-0.4, -0.2) is 45.2 Å². The van der Waals surface area contributed by atoms with E-state index in [-0.39, 0.29) is 22.1 Å². The maximum Gasteiger partial charge on any atom is 0.534 e. The number of hydrogen-bond donors (Lipinski definition) is 1. The van der Waals surface area contributed by atoms with Gasteiger partial charge in [-0.15, -0.1) is 0 Å². The normalized spacial score (nSPS) is 17.0. The van der Waals surface area contributed by atoms with Gasteiger partial charge in [-0.05, 0) is 71.9 Å². The number of phenols is 1. The molecule has 0 unspecified atom stereocenters. The maximum absolute atomic E-state index is 14.4. The zero-order valence-corrected chi connectivity index (χ0v) is 26.2. The quantitative estimate of drug-likeness (QED) is 0.146. The first kappa shape index (κ1) is 35.5. The lowest BCUT2D eigenvalue weighted by molar-refractivity contribution is -0.0501. The lowest BCUT2D eigenvalue weighted by atomic mass is 9.81. The number of benzene rings is 2. The molecular formula is C31H33F5O8S. The van der Waals surface area contributed by atoms with Crippen LogP contribution >= 0.6 is 0 Å². The third kappa shape index (κ3) is 7.48. The second-order valence-corrected chi connectivity index (χ2v) is 13.3. The molecule has 14 heteroatoms. The van der Waals surface area contributed by atoms with Crippen molar-refractivity contribution >= 4 is 33.2 Å². The summed E-state index contributed by atoms with van der Waals surface area (Å²) in [6, 6.07) is 4.12. The Morgan fingerprint density at radius 3 is 1.60 bits per heavy atom. The van der Waals surface area contributed by atoms with Crippen molar-refractivity contribution in [3.63, 3.8) is 0 Å². The summed E-state index contributed by atoms with van der Waals surface area (Å²) in [5.41, 5.74) is -5.22. The molecule has 2 aliphatic rings. The number of phenolic OH excluding ortho intramolecular Hbond substituents is 1. The molecule has 0 aliphatic heterocycles. The average Bonchev–Trinajstić information content (AvgIpc) is 3.49. The Morgan fingerprint density at radius 1 is 0.778 bits per heavy atom. The molecule has 0 saturated heterocycles. The Hall–Kier alpha value is -3.94. The topological polar surface area (TPSA) is 116 Å². The van der Waals surface area contributed by atoms with Crippen LogP contribution in [0.5, 0.6) is 11.5 Å². The van der Waals surface area contributed by atoms with Gasteiger partial charge in [0.25, 0.3) is 0 Å². The SMILES string of the molecule is COC(=O)c1cc(F)c(O)c(C2=CCCC2(C)C)c1.COC(=O)c1cc(F)c(OS(=O)(=O)C(F)(F)F)c(C2=CCCC2(C)C)c1. The first-order chi connectivity index (χ1) is 20.7. The Kier molecular flexibility index (Phi) is 10.1. The molecule has 246 valence electrons. The molecule has 0 heterocycles. The highest BCUT2D eigenvalue weighted by Crippen LogP contribution is 2.49. The lowest BCUT2D eigenvalue weighted by Crippen LogP contribution is -2.29. The Balaban J connectivity index is 0.000000257. The van der Waals surface area contributed by atoms with Crippen LogP contribution in [0.4, 0.5) is 22.0 Å². The van der Waals surface area contributed by atoms with Crippen LogP contribution in [0.15, 0.2) is 36.4 Å². The van der Waals surface area contributed by atoms with Gasteiger partial charge in [-0.1, -0.05) is 39.8 Å². The van der Waals surface area contributed by atoms with E-state index in [4.69, 9.17) is 0 Å². The van der Waals surface area contributed by atoms with Crippen molar-refractivity contribution in [3.05, 3.63) is 70.3 Å². The first-order valence-corrected chi connectivity index (χ1v) is 15.0. The smallest absolute Gasteiger partial charge is 0.504 e. The van der Waals surface area contributed by atoms with Crippen LogP contribution in [-0.2, 0) is 19.6 Å². The summed E-state index contributed by atoms with van der Waals surface area (Å²) >= 11 is 0. The number of aromatic hydroxyl groups is 1. The predicted molar refractivity (Wildman–Crippen MR) is 155 cm³/mol. The number of alkyl halides is 3. The number of carbonyl (C=O) groups is 2. The first-order valence-electron chi connectivity index (χ1n) is 13.6. The largest absolute Gasteiger partial charge is 0.534 e. The minimum absolute atomic E-state index is 0.108. The van der Waals surface area contributed by atoms with Gasteiger partial charge in [0.15, 0.2) is 23.1 Å². The van der Waals surface area contributed by atoms with Gasteiger partial charge in [0.1, 0.15) is 0 Å². The van der Waals surface area contributed by atoms with Crippen molar-refractivity contribution < 1.29 is 58.7 Å². The van der Waals surface area contributed by atoms with Gasteiger partial charge >= 0.3 is 27.6 Å². The summed E-state index contributed by atoms with van der Waals surface area (Å²) in [4.78, 5) is 23.2. The van der Waals surface area contributed by atoms with Crippen molar-refractivity contribution in [2.24, 2.45) is 10.8 Å². The van der Waals surface area contributed by atoms with Gasteiger partial charge in [0, 0.05) is 11.1 Å². The molecule has 0 atom stereocenters. The molecule has 2 aromatic rings. The molecule has 4 rings (SSSR count). The van der Waals surface area contributed by atoms with E-state index < -0.39 is 56.1 Å². The molecule has 2 aliphatic carbocycles. The number of methoxy groups -OCH3 is 2. The number of allylic oxidation sites excluding steroid dienone is 4. The van der Waals surface area contributed by atoms with Crippen molar-refractivity contribution in [2.75, 3.05) is 14.2 Å². The zero-order valence-electron chi connectivity index (χ0n) is 25.4. The summed E-state index contributed by atoms with van der Waals surface area (Å²) in [6.07, 6.45) is 6.60. The lowest BCUT2D eigenvalue weighted by Gasteiger charge is -2.25. The molecule has 2 aromatic carbocycles. The second-order valence-electron chi connectivity index (χ2n) is 11.7. The average molecular weight is 661 g/mol. The summed E-state index contributed by atoms with van der Waals surface area (Å²) in [5, 5.41) is 9.90. The van der Waals surface area contributed by atoms with Crippen molar-refractivity contribution in [1.29, 1.82) is 0 Å². The second kappa shape index (κ2) is 12.8. The van der Waals surface area contributed by atoms with E-state index in [9.17, 15) is 45.1 Å². The van der Waals surface area contributed by atoms with E-state index in [1.165, 1.54) is 13.2 Å². The van der Waals surface area contributed by atoms with Gasteiger partial charge < -0.3 is 18.8 Å². The van der Waals surface area contributed by atoms with Gasteiger partial charge in [-0.3, -0.25) is 0 Å². The number of carbonyl (C=O) groups excluding carboxylic acids is 2. The van der Waals surface area contributed by atoms with Crippen LogP contribution in [0, 0.1) is 22.5 Å². The zero-order chi connectivity index (χ0) is 34.1. The van der Waals surface area contributed by atoms with Gasteiger partial charge in [0.05, 0.1) is 25.3 Å². The Labute approximate surface area is 257 Å². The van der Waals surface area contributed by atoms with Crippen molar-refractivity contribution in [1.82, 2.24) is 0 Å². The van der Waals surface area contributed by atoms with E-state index >= 15 is 0 Å². The van der Waals surface area contributed by atoms with Crippen molar-refractivity contribution in [3.8, 4) is 11.5 Å². The molecule has 8 nitrogen and oxygen atoms in total. The fourth-order valence-corrected chi connectivity index (χ4v) is 5.72. The fraction of sp³-hybridized carbons (Fsp3) is 0.419. The van der Waals surface area contributed by atoms with Crippen LogP contribution < -0.4 is 4.18 Å². The highest BCUT2D eigenvalue weighted by Gasteiger charge is 2.49. The van der Waals surface area contributed by atoms with Crippen LogP contribution in [0.3, 0.4) is 0 Å². The summed E-state index contributed by atoms with van der Waals surface area (Å²) in [6.45, 7) is 7.59. The minimum Gasteiger partial charge on any atom is -0.504 e. The van der Waals surface area contributed by atoms with Gasteiger partial charge in [0.2, 0.25) is 0 Å². The Morgan fingerprint density at radius 2 is 1.20 bits per heavy atom. The van der Waals surface area contributed by atoms with Crippen LogP contribution in [0.2, 0.25) is 0 Å². The molecule has 0 bridgehead atoms. The van der Waals surface area contributed by atoms with Crippen LogP contribution in [0.1, 0.15) is 85.2 Å².